The number of amides is 1. The highest BCUT2D eigenvalue weighted by atomic mass is 35.5. The van der Waals surface area contributed by atoms with Crippen molar-refractivity contribution >= 4 is 34.8 Å². The first kappa shape index (κ1) is 21.6. The average molecular weight is 484 g/mol. The Labute approximate surface area is 207 Å². The number of anilines is 2. The van der Waals surface area contributed by atoms with Gasteiger partial charge >= 0.3 is 0 Å². The Balaban J connectivity index is 1.10. The second kappa shape index (κ2) is 8.67. The van der Waals surface area contributed by atoms with Crippen LogP contribution in [0.25, 0.3) is 5.65 Å². The summed E-state index contributed by atoms with van der Waals surface area (Å²) < 4.78 is 1.93. The zero-order chi connectivity index (χ0) is 23.9. The number of hydrogen-bond donors (Lipinski definition) is 2. The second-order valence-electron chi connectivity index (χ2n) is 9.17. The van der Waals surface area contributed by atoms with Crippen LogP contribution >= 0.6 is 11.6 Å². The van der Waals surface area contributed by atoms with E-state index in [0.717, 1.165) is 17.7 Å². The van der Waals surface area contributed by atoms with Crippen LogP contribution in [0.3, 0.4) is 0 Å². The van der Waals surface area contributed by atoms with Gasteiger partial charge in [-0.1, -0.05) is 23.7 Å². The van der Waals surface area contributed by atoms with Gasteiger partial charge in [0.1, 0.15) is 24.0 Å². The summed E-state index contributed by atoms with van der Waals surface area (Å²) in [6, 6.07) is 13.6. The molecule has 1 amide bonds. The van der Waals surface area contributed by atoms with E-state index in [2.05, 4.69) is 37.9 Å². The molecule has 2 aliphatic carbocycles. The zero-order valence-corrected chi connectivity index (χ0v) is 19.5. The van der Waals surface area contributed by atoms with Crippen LogP contribution in [0.4, 0.5) is 11.6 Å². The molecule has 8 nitrogen and oxygen atoms in total. The van der Waals surface area contributed by atoms with Gasteiger partial charge in [-0.05, 0) is 60.4 Å². The normalized spacial score (nSPS) is 18.7. The molecule has 0 saturated heterocycles. The molecule has 9 heteroatoms. The molecule has 2 fully saturated rings. The Hall–Kier alpha value is -3.96. The van der Waals surface area contributed by atoms with Crippen molar-refractivity contribution in [3.63, 3.8) is 0 Å². The Bertz CT molecular complexity index is 1490. The molecule has 3 heterocycles. The molecule has 0 radical (unpaired) electrons. The molecule has 2 saturated carbocycles. The van der Waals surface area contributed by atoms with Crippen LogP contribution in [0.5, 0.6) is 0 Å². The van der Waals surface area contributed by atoms with Gasteiger partial charge < -0.3 is 15.0 Å². The first-order valence-electron chi connectivity index (χ1n) is 11.6. The molecule has 0 bridgehead atoms. The summed E-state index contributed by atoms with van der Waals surface area (Å²) in [5, 5.41) is 16.4. The molecule has 174 valence electrons. The number of carbonyl (C=O) groups is 1. The molecule has 2 N–H and O–H groups in total. The van der Waals surface area contributed by atoms with Crippen LogP contribution in [0.1, 0.15) is 53.5 Å². The molecule has 3 aromatic heterocycles. The Morgan fingerprint density at radius 2 is 2.00 bits per heavy atom. The van der Waals surface area contributed by atoms with Crippen molar-refractivity contribution in [2.45, 2.75) is 37.6 Å². The third-order valence-electron chi connectivity index (χ3n) is 6.56. The van der Waals surface area contributed by atoms with Gasteiger partial charge in [0.25, 0.3) is 0 Å². The maximum Gasteiger partial charge on any atom is 0.229 e. The topological polar surface area (TPSA) is 108 Å². The number of aromatic nitrogens is 4. The summed E-state index contributed by atoms with van der Waals surface area (Å²) in [6.45, 7) is 0.426. The zero-order valence-electron chi connectivity index (χ0n) is 18.8. The van der Waals surface area contributed by atoms with Gasteiger partial charge in [-0.2, -0.15) is 5.26 Å². The minimum absolute atomic E-state index is 0.0597. The Morgan fingerprint density at radius 3 is 2.80 bits per heavy atom. The molecular formula is C26H22ClN7O. The predicted octanol–water partition coefficient (Wildman–Crippen LogP) is 4.88. The Morgan fingerprint density at radius 1 is 1.14 bits per heavy atom. The lowest BCUT2D eigenvalue weighted by molar-refractivity contribution is -0.117. The van der Waals surface area contributed by atoms with E-state index in [4.69, 9.17) is 11.6 Å². The number of nitrogens with one attached hydrogen (secondary N) is 2. The lowest BCUT2D eigenvalue weighted by atomic mass is 10.1. The molecule has 0 unspecified atom stereocenters. The van der Waals surface area contributed by atoms with Crippen molar-refractivity contribution in [1.29, 1.82) is 5.26 Å². The summed E-state index contributed by atoms with van der Waals surface area (Å²) in [5.74, 6) is 1.61. The second-order valence-corrected chi connectivity index (χ2v) is 9.61. The number of imidazole rings is 1. The fraction of sp³-hybridized carbons (Fsp3) is 0.269. The SMILES string of the molecule is N#Cc1cc(C2CC2)cn2cc(CNc3cc(NC(=O)[C@H]4C[C@@H]4c4cccc(Cl)c4)ncn3)nc12. The summed E-state index contributed by atoms with van der Waals surface area (Å²) >= 11 is 6.08. The maximum absolute atomic E-state index is 12.7. The van der Waals surface area contributed by atoms with E-state index in [1.165, 1.54) is 24.7 Å². The number of carbonyl (C=O) groups excluding carboxylic acids is 1. The highest BCUT2D eigenvalue weighted by molar-refractivity contribution is 6.30. The number of nitriles is 1. The number of fused-ring (bicyclic) bond motifs is 1. The van der Waals surface area contributed by atoms with Crippen LogP contribution in [-0.2, 0) is 11.3 Å². The van der Waals surface area contributed by atoms with E-state index in [1.807, 2.05) is 40.9 Å². The number of pyridine rings is 1. The largest absolute Gasteiger partial charge is 0.364 e. The average Bonchev–Trinajstić information content (AvgIpc) is 3.78. The van der Waals surface area contributed by atoms with E-state index in [9.17, 15) is 10.1 Å². The summed E-state index contributed by atoms with van der Waals surface area (Å²) in [4.78, 5) is 25.8. The number of halogens is 1. The summed E-state index contributed by atoms with van der Waals surface area (Å²) in [7, 11) is 0. The van der Waals surface area contributed by atoms with E-state index in [-0.39, 0.29) is 17.7 Å². The lowest BCUT2D eigenvalue weighted by Crippen LogP contribution is -2.16. The van der Waals surface area contributed by atoms with Crippen molar-refractivity contribution < 1.29 is 4.79 Å². The molecule has 6 rings (SSSR count). The van der Waals surface area contributed by atoms with Crippen molar-refractivity contribution in [3.05, 3.63) is 82.5 Å². The quantitative estimate of drug-likeness (QED) is 0.388. The highest BCUT2D eigenvalue weighted by Crippen LogP contribution is 2.48. The van der Waals surface area contributed by atoms with E-state index in [0.29, 0.717) is 40.3 Å². The fourth-order valence-corrected chi connectivity index (χ4v) is 4.69. The van der Waals surface area contributed by atoms with E-state index < -0.39 is 0 Å². The van der Waals surface area contributed by atoms with Crippen LogP contribution < -0.4 is 10.6 Å². The lowest BCUT2D eigenvalue weighted by Gasteiger charge is -2.07. The van der Waals surface area contributed by atoms with E-state index in [1.54, 1.807) is 6.07 Å². The van der Waals surface area contributed by atoms with Crippen LogP contribution in [0, 0.1) is 17.2 Å². The van der Waals surface area contributed by atoms with Gasteiger partial charge in [-0.3, -0.25) is 4.79 Å². The molecule has 1 aromatic carbocycles. The van der Waals surface area contributed by atoms with E-state index >= 15 is 0 Å². The minimum Gasteiger partial charge on any atom is -0.364 e. The molecule has 2 atom stereocenters. The third kappa shape index (κ3) is 4.55. The number of nitrogens with zero attached hydrogens (tertiary/aromatic N) is 5. The first-order chi connectivity index (χ1) is 17.1. The summed E-state index contributed by atoms with van der Waals surface area (Å²) in [5.41, 5.74) is 4.31. The van der Waals surface area contributed by atoms with Gasteiger partial charge in [0, 0.05) is 29.4 Å². The van der Waals surface area contributed by atoms with Crippen LogP contribution in [-0.4, -0.2) is 25.3 Å². The Kier molecular flexibility index (Phi) is 5.34. The molecule has 0 aliphatic heterocycles. The van der Waals surface area contributed by atoms with Crippen molar-refractivity contribution in [3.8, 4) is 6.07 Å². The fourth-order valence-electron chi connectivity index (χ4n) is 4.49. The molecular weight excluding hydrogens is 462 g/mol. The van der Waals surface area contributed by atoms with Gasteiger partial charge in [-0.15, -0.1) is 0 Å². The number of benzene rings is 1. The number of hydrogen-bond acceptors (Lipinski definition) is 6. The molecule has 35 heavy (non-hydrogen) atoms. The standard InChI is InChI=1S/C26H22ClN7O/c27-19-3-1-2-16(7-19)21-8-22(21)26(35)33-24-9-23(30-14-31-24)29-11-20-13-34-12-18(15-4-5-15)6-17(10-28)25(34)32-20/h1-3,6-7,9,12-15,21-22H,4-5,8,11H2,(H2,29,30,31,33,35)/t21-,22+/m1/s1. The van der Waals surface area contributed by atoms with Gasteiger partial charge in [0.15, 0.2) is 5.65 Å². The van der Waals surface area contributed by atoms with Crippen molar-refractivity contribution in [2.75, 3.05) is 10.6 Å². The highest BCUT2D eigenvalue weighted by Gasteiger charge is 2.44. The molecule has 4 aromatic rings. The van der Waals surface area contributed by atoms with Crippen LogP contribution in [0.15, 0.2) is 55.1 Å². The smallest absolute Gasteiger partial charge is 0.229 e. The monoisotopic (exact) mass is 483 g/mol. The third-order valence-corrected chi connectivity index (χ3v) is 6.80. The minimum atomic E-state index is -0.0901. The molecule has 2 aliphatic rings. The predicted molar refractivity (Wildman–Crippen MR) is 132 cm³/mol. The van der Waals surface area contributed by atoms with Crippen molar-refractivity contribution in [1.82, 2.24) is 19.4 Å². The first-order valence-corrected chi connectivity index (χ1v) is 12.0. The molecule has 0 spiro atoms. The van der Waals surface area contributed by atoms with Crippen LogP contribution in [0.2, 0.25) is 5.02 Å². The van der Waals surface area contributed by atoms with Gasteiger partial charge in [0.05, 0.1) is 17.8 Å². The maximum atomic E-state index is 12.7. The van der Waals surface area contributed by atoms with Crippen molar-refractivity contribution in [2.24, 2.45) is 5.92 Å². The number of rotatable bonds is 7. The van der Waals surface area contributed by atoms with Gasteiger partial charge in [-0.25, -0.2) is 15.0 Å². The van der Waals surface area contributed by atoms with Gasteiger partial charge in [0.2, 0.25) is 5.91 Å². The summed E-state index contributed by atoms with van der Waals surface area (Å²) in [6.07, 6.45) is 8.56.